The van der Waals surface area contributed by atoms with Gasteiger partial charge in [-0.1, -0.05) is 60.7 Å². The number of aromatic nitrogens is 1. The van der Waals surface area contributed by atoms with Gasteiger partial charge in [0.2, 0.25) is 0 Å². The summed E-state index contributed by atoms with van der Waals surface area (Å²) >= 11 is 1.21. The van der Waals surface area contributed by atoms with Gasteiger partial charge in [-0.05, 0) is 0 Å². The zero-order valence-corrected chi connectivity index (χ0v) is 16.1. The van der Waals surface area contributed by atoms with Crippen molar-refractivity contribution in [2.24, 2.45) is 0 Å². The predicted octanol–water partition coefficient (Wildman–Crippen LogP) is 3.19. The van der Waals surface area contributed by atoms with Gasteiger partial charge in [-0.25, -0.2) is 14.6 Å². The minimum Gasteiger partial charge on any atom is -0.451 e. The predicted molar refractivity (Wildman–Crippen MR) is 108 cm³/mol. The van der Waals surface area contributed by atoms with Gasteiger partial charge in [0.05, 0.1) is 5.69 Å². The SMILES string of the molecule is O=C(OCC(=O)N1CCNC1=O)c1sc(-c2ccccc2)nc1-c1ccccc1. The lowest BCUT2D eigenvalue weighted by Crippen LogP contribution is -2.37. The summed E-state index contributed by atoms with van der Waals surface area (Å²) in [5.74, 6) is -1.20. The quantitative estimate of drug-likeness (QED) is 0.656. The number of esters is 1. The number of thiazole rings is 1. The number of carbonyl (C=O) groups excluding carboxylic acids is 3. The molecule has 1 aromatic heterocycles. The first-order chi connectivity index (χ1) is 14.1. The molecular formula is C21H17N3O4S. The average Bonchev–Trinajstić information content (AvgIpc) is 3.40. The fourth-order valence-corrected chi connectivity index (χ4v) is 3.92. The van der Waals surface area contributed by atoms with Gasteiger partial charge in [-0.3, -0.25) is 9.69 Å². The summed E-state index contributed by atoms with van der Waals surface area (Å²) in [5, 5.41) is 3.22. The number of nitrogens with one attached hydrogen (secondary N) is 1. The number of urea groups is 1. The summed E-state index contributed by atoms with van der Waals surface area (Å²) < 4.78 is 5.22. The van der Waals surface area contributed by atoms with E-state index in [1.807, 2.05) is 60.7 Å². The molecule has 0 saturated carbocycles. The number of carbonyl (C=O) groups is 3. The van der Waals surface area contributed by atoms with Gasteiger partial charge in [0, 0.05) is 24.2 Å². The Hall–Kier alpha value is -3.52. The summed E-state index contributed by atoms with van der Waals surface area (Å²) in [6, 6.07) is 18.4. The Morgan fingerprint density at radius 3 is 2.31 bits per heavy atom. The highest BCUT2D eigenvalue weighted by Crippen LogP contribution is 2.34. The van der Waals surface area contributed by atoms with Gasteiger partial charge in [0.1, 0.15) is 9.88 Å². The lowest BCUT2D eigenvalue weighted by molar-refractivity contribution is -0.130. The third kappa shape index (κ3) is 4.02. The largest absolute Gasteiger partial charge is 0.451 e. The van der Waals surface area contributed by atoms with Crippen LogP contribution in [0.2, 0.25) is 0 Å². The van der Waals surface area contributed by atoms with Crippen molar-refractivity contribution in [3.8, 4) is 21.8 Å². The molecule has 1 fully saturated rings. The van der Waals surface area contributed by atoms with Gasteiger partial charge < -0.3 is 10.1 Å². The van der Waals surface area contributed by atoms with Gasteiger partial charge >= 0.3 is 12.0 Å². The molecule has 3 aromatic rings. The van der Waals surface area contributed by atoms with Gasteiger partial charge in [0.25, 0.3) is 5.91 Å². The van der Waals surface area contributed by atoms with Crippen molar-refractivity contribution in [3.05, 3.63) is 65.5 Å². The zero-order valence-electron chi connectivity index (χ0n) is 15.3. The van der Waals surface area contributed by atoms with E-state index in [2.05, 4.69) is 10.3 Å². The third-order valence-electron chi connectivity index (χ3n) is 4.37. The van der Waals surface area contributed by atoms with Crippen LogP contribution in [0.1, 0.15) is 9.67 Å². The Balaban J connectivity index is 1.59. The number of amides is 3. The smallest absolute Gasteiger partial charge is 0.351 e. The number of benzene rings is 2. The van der Waals surface area contributed by atoms with Crippen molar-refractivity contribution >= 4 is 29.2 Å². The monoisotopic (exact) mass is 407 g/mol. The fourth-order valence-electron chi connectivity index (χ4n) is 2.93. The molecule has 3 amide bonds. The molecule has 0 spiro atoms. The highest BCUT2D eigenvalue weighted by Gasteiger charge is 2.28. The minimum absolute atomic E-state index is 0.267. The Morgan fingerprint density at radius 2 is 1.69 bits per heavy atom. The Kier molecular flexibility index (Phi) is 5.35. The number of hydrogen-bond donors (Lipinski definition) is 1. The molecule has 0 unspecified atom stereocenters. The van der Waals surface area contributed by atoms with Crippen molar-refractivity contribution in [3.63, 3.8) is 0 Å². The van der Waals surface area contributed by atoms with Crippen molar-refractivity contribution in [2.45, 2.75) is 0 Å². The van der Waals surface area contributed by atoms with Crippen LogP contribution in [0, 0.1) is 0 Å². The maximum absolute atomic E-state index is 12.8. The van der Waals surface area contributed by atoms with Crippen molar-refractivity contribution < 1.29 is 19.1 Å². The maximum atomic E-state index is 12.8. The fraction of sp³-hybridized carbons (Fsp3) is 0.143. The number of rotatable bonds is 5. The summed E-state index contributed by atoms with van der Waals surface area (Å²) in [5.41, 5.74) is 2.17. The van der Waals surface area contributed by atoms with Gasteiger partial charge in [0.15, 0.2) is 6.61 Å². The molecule has 1 aliphatic heterocycles. The van der Waals surface area contributed by atoms with E-state index in [4.69, 9.17) is 4.74 Å². The molecule has 0 radical (unpaired) electrons. The molecule has 8 heteroatoms. The van der Waals surface area contributed by atoms with Crippen LogP contribution in [-0.2, 0) is 9.53 Å². The van der Waals surface area contributed by atoms with Crippen molar-refractivity contribution in [1.29, 1.82) is 0 Å². The van der Waals surface area contributed by atoms with Gasteiger partial charge in [-0.2, -0.15) is 0 Å². The van der Waals surface area contributed by atoms with E-state index >= 15 is 0 Å². The molecule has 0 bridgehead atoms. The van der Waals surface area contributed by atoms with Crippen molar-refractivity contribution in [2.75, 3.05) is 19.7 Å². The third-order valence-corrected chi connectivity index (χ3v) is 5.45. The van der Waals surface area contributed by atoms with Crippen LogP contribution in [0.25, 0.3) is 21.8 Å². The van der Waals surface area contributed by atoms with Crippen LogP contribution in [0.5, 0.6) is 0 Å². The second-order valence-corrected chi connectivity index (χ2v) is 7.28. The molecule has 146 valence electrons. The summed E-state index contributed by atoms with van der Waals surface area (Å²) in [6.45, 7) is 0.161. The molecule has 29 heavy (non-hydrogen) atoms. The summed E-state index contributed by atoms with van der Waals surface area (Å²) in [7, 11) is 0. The van der Waals surface area contributed by atoms with Crippen molar-refractivity contribution in [1.82, 2.24) is 15.2 Å². The van der Waals surface area contributed by atoms with Crippen LogP contribution < -0.4 is 5.32 Å². The van der Waals surface area contributed by atoms with E-state index < -0.39 is 24.5 Å². The number of hydrogen-bond acceptors (Lipinski definition) is 6. The Labute approximate surface area is 170 Å². The molecule has 1 aliphatic rings. The molecule has 0 atom stereocenters. The minimum atomic E-state index is -0.642. The molecule has 2 heterocycles. The summed E-state index contributed by atoms with van der Waals surface area (Å²) in [4.78, 5) is 42.5. The molecule has 1 N–H and O–H groups in total. The van der Waals surface area contributed by atoms with E-state index in [1.54, 1.807) is 0 Å². The summed E-state index contributed by atoms with van der Waals surface area (Å²) in [6.07, 6.45) is 0. The van der Waals surface area contributed by atoms with Crippen LogP contribution in [0.15, 0.2) is 60.7 Å². The van der Waals surface area contributed by atoms with Gasteiger partial charge in [-0.15, -0.1) is 11.3 Å². The number of ether oxygens (including phenoxy) is 1. The first kappa shape index (κ1) is 18.8. The van der Waals surface area contributed by atoms with E-state index in [0.717, 1.165) is 16.0 Å². The van der Waals surface area contributed by atoms with E-state index in [-0.39, 0.29) is 6.54 Å². The standard InChI is InChI=1S/C21H17N3O4S/c25-16(24-12-11-22-21(24)27)13-28-20(26)18-17(14-7-3-1-4-8-14)23-19(29-18)15-9-5-2-6-10-15/h1-10H,11-13H2,(H,22,27). The van der Waals surface area contributed by atoms with Crippen LogP contribution in [-0.4, -0.2) is 47.5 Å². The maximum Gasteiger partial charge on any atom is 0.351 e. The first-order valence-electron chi connectivity index (χ1n) is 9.00. The second kappa shape index (κ2) is 8.24. The highest BCUT2D eigenvalue weighted by molar-refractivity contribution is 7.17. The topological polar surface area (TPSA) is 88.6 Å². The number of nitrogens with zero attached hydrogens (tertiary/aromatic N) is 2. The van der Waals surface area contributed by atoms with Crippen LogP contribution in [0.3, 0.4) is 0 Å². The lowest BCUT2D eigenvalue weighted by Gasteiger charge is -2.12. The normalized spacial score (nSPS) is 13.2. The lowest BCUT2D eigenvalue weighted by atomic mass is 10.1. The number of imide groups is 1. The molecule has 4 rings (SSSR count). The van der Waals surface area contributed by atoms with Crippen LogP contribution >= 0.6 is 11.3 Å². The zero-order chi connectivity index (χ0) is 20.2. The second-order valence-electron chi connectivity index (χ2n) is 6.28. The Morgan fingerprint density at radius 1 is 1.03 bits per heavy atom. The molecule has 7 nitrogen and oxygen atoms in total. The molecule has 1 saturated heterocycles. The molecular weight excluding hydrogens is 390 g/mol. The molecule has 2 aromatic carbocycles. The van der Waals surface area contributed by atoms with E-state index in [0.29, 0.717) is 22.1 Å². The van der Waals surface area contributed by atoms with E-state index in [1.165, 1.54) is 11.3 Å². The Bertz CT molecular complexity index is 1050. The first-order valence-corrected chi connectivity index (χ1v) is 9.82. The van der Waals surface area contributed by atoms with E-state index in [9.17, 15) is 14.4 Å². The molecule has 0 aliphatic carbocycles. The average molecular weight is 407 g/mol. The van der Waals surface area contributed by atoms with Crippen LogP contribution in [0.4, 0.5) is 4.79 Å². The highest BCUT2D eigenvalue weighted by atomic mass is 32.1.